The number of hydrogen-bond donors (Lipinski definition) is 1. The van der Waals surface area contributed by atoms with Gasteiger partial charge in [0.05, 0.1) is 19.4 Å². The molecule has 1 aromatic carbocycles. The van der Waals surface area contributed by atoms with Crippen LogP contribution in [0.15, 0.2) is 23.1 Å². The predicted octanol–water partition coefficient (Wildman–Crippen LogP) is 3.92. The summed E-state index contributed by atoms with van der Waals surface area (Å²) in [4.78, 5) is 24.5. The van der Waals surface area contributed by atoms with E-state index in [1.54, 1.807) is 0 Å². The first-order chi connectivity index (χ1) is 18.3. The maximum Gasteiger partial charge on any atom is 0.341 e. The van der Waals surface area contributed by atoms with Crippen LogP contribution in [0.2, 0.25) is 0 Å². The lowest BCUT2D eigenvalue weighted by atomic mass is 9.78. The molecular formula is C23H28FNO6. The summed E-state index contributed by atoms with van der Waals surface area (Å²) in [6.45, 7) is -10.6. The lowest BCUT2D eigenvalue weighted by molar-refractivity contribution is 0.0692. The minimum atomic E-state index is -3.70. The first-order valence-electron chi connectivity index (χ1n) is 13.9. The molecule has 0 amide bonds. The highest BCUT2D eigenvalue weighted by Crippen LogP contribution is 2.46. The molecule has 0 aliphatic carbocycles. The molecule has 8 heteroatoms. The van der Waals surface area contributed by atoms with Crippen LogP contribution in [0.4, 0.5) is 4.39 Å². The summed E-state index contributed by atoms with van der Waals surface area (Å²) in [5.41, 5.74) is -6.86. The van der Waals surface area contributed by atoms with E-state index in [4.69, 9.17) is 26.5 Å². The van der Waals surface area contributed by atoms with E-state index >= 15 is 4.39 Å². The van der Waals surface area contributed by atoms with E-state index < -0.39 is 66.9 Å². The molecule has 1 aliphatic heterocycles. The van der Waals surface area contributed by atoms with Crippen molar-refractivity contribution in [3.63, 3.8) is 0 Å². The van der Waals surface area contributed by atoms with Crippen molar-refractivity contribution in [3.05, 3.63) is 45.5 Å². The fourth-order valence-electron chi connectivity index (χ4n) is 3.57. The van der Waals surface area contributed by atoms with Gasteiger partial charge in [0.1, 0.15) is 5.56 Å². The Bertz CT molecular complexity index is 1310. The minimum absolute atomic E-state index is 0.0561. The fourth-order valence-corrected chi connectivity index (χ4v) is 3.57. The average Bonchev–Trinajstić information content (AvgIpc) is 2.80. The normalized spacial score (nSPS) is 20.7. The highest BCUT2D eigenvalue weighted by Gasteiger charge is 2.36. The Morgan fingerprint density at radius 2 is 2.03 bits per heavy atom. The zero-order valence-electron chi connectivity index (χ0n) is 26.0. The van der Waals surface area contributed by atoms with Crippen LogP contribution >= 0.6 is 0 Å². The molecule has 0 fully saturated rings. The SMILES string of the molecule is [2H]C([2H])([2H])C([C@@H]1Cc2cc(OCCCOC)c(OC)cc2-c2c(F)c(=O)c(C(=O)O)cn21)(C([2H])([2H])[2H])C([2H])([2H])[2H]. The smallest absolute Gasteiger partial charge is 0.341 e. The lowest BCUT2D eigenvalue weighted by Crippen LogP contribution is -2.34. The summed E-state index contributed by atoms with van der Waals surface area (Å²) in [6, 6.07) is 0.522. The van der Waals surface area contributed by atoms with Gasteiger partial charge in [-0.2, -0.15) is 0 Å². The quantitative estimate of drug-likeness (QED) is 0.654. The Morgan fingerprint density at radius 1 is 1.29 bits per heavy atom. The molecule has 3 rings (SSSR count). The van der Waals surface area contributed by atoms with Gasteiger partial charge in [-0.3, -0.25) is 4.79 Å². The number of nitrogens with zero attached hydrogens (tertiary/aromatic N) is 1. The van der Waals surface area contributed by atoms with E-state index in [-0.39, 0.29) is 29.2 Å². The maximum absolute atomic E-state index is 15.8. The second-order valence-electron chi connectivity index (χ2n) is 7.13. The molecule has 7 nitrogen and oxygen atoms in total. The van der Waals surface area contributed by atoms with Crippen LogP contribution in [-0.4, -0.2) is 43.1 Å². The Morgan fingerprint density at radius 3 is 2.65 bits per heavy atom. The van der Waals surface area contributed by atoms with Gasteiger partial charge in [-0.1, -0.05) is 20.6 Å². The van der Waals surface area contributed by atoms with E-state index in [1.165, 1.54) is 26.4 Å². The largest absolute Gasteiger partial charge is 0.493 e. The average molecular weight is 443 g/mol. The standard InChI is InChI=1S/C23H28FNO6/c1-23(2,3)18-10-13-9-17(31-8-6-7-29-4)16(30-5)11-14(13)20-19(24)21(26)15(22(27)28)12-25(18)20/h9,11-12,18H,6-8,10H2,1-5H3,(H,27,28)/t18-/m0/s1/i1D3,2D3,3D3. The third kappa shape index (κ3) is 4.30. The summed E-state index contributed by atoms with van der Waals surface area (Å²) >= 11 is 0. The monoisotopic (exact) mass is 442 g/mol. The molecule has 168 valence electrons. The number of halogens is 1. The number of carboxylic acids is 1. The number of carbonyl (C=O) groups is 1. The van der Waals surface area contributed by atoms with Crippen LogP contribution in [0, 0.1) is 11.2 Å². The molecule has 0 saturated heterocycles. The van der Waals surface area contributed by atoms with Gasteiger partial charge >= 0.3 is 5.97 Å². The number of hydrogen-bond acceptors (Lipinski definition) is 5. The summed E-state index contributed by atoms with van der Waals surface area (Å²) in [5.74, 6) is -3.32. The number of aromatic carboxylic acids is 1. The maximum atomic E-state index is 15.8. The Hall–Kier alpha value is -2.87. The van der Waals surface area contributed by atoms with Crippen LogP contribution in [-0.2, 0) is 11.2 Å². The van der Waals surface area contributed by atoms with Crippen molar-refractivity contribution >= 4 is 5.97 Å². The third-order valence-electron chi connectivity index (χ3n) is 5.05. The third-order valence-corrected chi connectivity index (χ3v) is 5.05. The number of methoxy groups -OCH3 is 2. The number of rotatable bonds is 7. The summed E-state index contributed by atoms with van der Waals surface area (Å²) < 4.78 is 106. The Balaban J connectivity index is 2.47. The highest BCUT2D eigenvalue weighted by molar-refractivity contribution is 5.88. The molecule has 1 aromatic heterocycles. The van der Waals surface area contributed by atoms with Crippen molar-refractivity contribution in [2.75, 3.05) is 27.4 Å². The minimum Gasteiger partial charge on any atom is -0.493 e. The molecular weight excluding hydrogens is 405 g/mol. The molecule has 2 heterocycles. The lowest BCUT2D eigenvalue weighted by Gasteiger charge is -2.39. The van der Waals surface area contributed by atoms with Crippen molar-refractivity contribution < 1.29 is 40.8 Å². The Kier molecular flexibility index (Phi) is 3.80. The second kappa shape index (κ2) is 8.70. The number of aromatic nitrogens is 1. The van der Waals surface area contributed by atoms with Gasteiger partial charge in [-0.25, -0.2) is 9.18 Å². The number of ether oxygens (including phenoxy) is 3. The molecule has 1 aliphatic rings. The first-order valence-corrected chi connectivity index (χ1v) is 9.36. The van der Waals surface area contributed by atoms with E-state index in [9.17, 15) is 14.7 Å². The molecule has 0 saturated carbocycles. The van der Waals surface area contributed by atoms with Crippen LogP contribution < -0.4 is 14.9 Å². The molecule has 1 N–H and O–H groups in total. The number of benzene rings is 1. The summed E-state index contributed by atoms with van der Waals surface area (Å²) in [6.07, 6.45) is 0.456. The zero-order valence-corrected chi connectivity index (χ0v) is 17.0. The molecule has 2 aromatic rings. The topological polar surface area (TPSA) is 87.0 Å². The molecule has 0 unspecified atom stereocenters. The van der Waals surface area contributed by atoms with Crippen molar-refractivity contribution in [2.24, 2.45) is 5.41 Å². The highest BCUT2D eigenvalue weighted by atomic mass is 19.1. The Labute approximate surface area is 193 Å². The van der Waals surface area contributed by atoms with Crippen LogP contribution in [0.1, 0.15) is 61.3 Å². The van der Waals surface area contributed by atoms with E-state index in [1.807, 2.05) is 0 Å². The number of fused-ring (bicyclic) bond motifs is 3. The molecule has 1 atom stereocenters. The van der Waals surface area contributed by atoms with Crippen molar-refractivity contribution in [3.8, 4) is 22.8 Å². The number of pyridine rings is 1. The van der Waals surface area contributed by atoms with Crippen molar-refractivity contribution in [1.82, 2.24) is 4.57 Å². The first kappa shape index (κ1) is 13.5. The van der Waals surface area contributed by atoms with Crippen LogP contribution in [0.3, 0.4) is 0 Å². The van der Waals surface area contributed by atoms with Crippen LogP contribution in [0.25, 0.3) is 11.3 Å². The van der Waals surface area contributed by atoms with E-state index in [2.05, 4.69) is 0 Å². The van der Waals surface area contributed by atoms with Crippen molar-refractivity contribution in [1.29, 1.82) is 0 Å². The molecule has 31 heavy (non-hydrogen) atoms. The molecule has 0 radical (unpaired) electrons. The predicted molar refractivity (Wildman–Crippen MR) is 114 cm³/mol. The summed E-state index contributed by atoms with van der Waals surface area (Å²) in [7, 11) is 2.78. The van der Waals surface area contributed by atoms with Gasteiger partial charge in [0.25, 0.3) is 0 Å². The van der Waals surface area contributed by atoms with Gasteiger partial charge in [0.15, 0.2) is 17.3 Å². The molecule has 0 bridgehead atoms. The van der Waals surface area contributed by atoms with Gasteiger partial charge in [0.2, 0.25) is 5.43 Å². The zero-order chi connectivity index (χ0) is 30.4. The molecule has 0 spiro atoms. The fraction of sp³-hybridized carbons (Fsp3) is 0.478. The van der Waals surface area contributed by atoms with E-state index in [0.717, 1.165) is 0 Å². The van der Waals surface area contributed by atoms with Crippen LogP contribution in [0.5, 0.6) is 11.5 Å². The van der Waals surface area contributed by atoms with Gasteiger partial charge in [0, 0.05) is 50.3 Å². The summed E-state index contributed by atoms with van der Waals surface area (Å²) in [5, 5.41) is 9.54. The number of carboxylic acid groups (broad SMARTS) is 1. The van der Waals surface area contributed by atoms with Gasteiger partial charge in [-0.15, -0.1) is 0 Å². The van der Waals surface area contributed by atoms with Gasteiger partial charge < -0.3 is 23.9 Å². The van der Waals surface area contributed by atoms with E-state index in [0.29, 0.717) is 23.8 Å². The van der Waals surface area contributed by atoms with Crippen molar-refractivity contribution in [2.45, 2.75) is 39.4 Å². The second-order valence-corrected chi connectivity index (χ2v) is 7.13. The van der Waals surface area contributed by atoms with Gasteiger partial charge in [-0.05, 0) is 29.5 Å².